The van der Waals surface area contributed by atoms with Crippen molar-refractivity contribution in [3.8, 4) is 0 Å². The summed E-state index contributed by atoms with van der Waals surface area (Å²) in [5.74, 6) is 3.15. The van der Waals surface area contributed by atoms with Crippen LogP contribution in [0.25, 0.3) is 0 Å². The van der Waals surface area contributed by atoms with Crippen molar-refractivity contribution in [2.75, 3.05) is 0 Å². The topological polar surface area (TPSA) is 56.2 Å². The number of benzene rings is 1. The number of furan rings is 1. The van der Waals surface area contributed by atoms with Crippen LogP contribution in [0.4, 0.5) is 0 Å². The van der Waals surface area contributed by atoms with Crippen LogP contribution in [0.3, 0.4) is 0 Å². The number of hydrogen-bond donors (Lipinski definition) is 0. The van der Waals surface area contributed by atoms with Gasteiger partial charge in [-0.2, -0.15) is 9.78 Å². The lowest BCUT2D eigenvalue weighted by molar-refractivity contribution is 0.527. The van der Waals surface area contributed by atoms with E-state index in [-0.39, 0.29) is 0 Å². The highest BCUT2D eigenvalue weighted by atomic mass is 32.2. The number of nitrogens with zero attached hydrogens (tertiary/aromatic N) is 4. The van der Waals surface area contributed by atoms with Gasteiger partial charge in [0.25, 0.3) is 0 Å². The third-order valence-corrected chi connectivity index (χ3v) is 4.03. The highest BCUT2D eigenvalue weighted by Gasteiger charge is 2.08. The second-order valence-corrected chi connectivity index (χ2v) is 5.75. The van der Waals surface area contributed by atoms with Crippen molar-refractivity contribution in [3.63, 3.8) is 0 Å². The first-order chi connectivity index (χ1) is 10.7. The van der Waals surface area contributed by atoms with Crippen molar-refractivity contribution in [2.45, 2.75) is 24.8 Å². The zero-order chi connectivity index (χ0) is 15.4. The molecule has 0 fully saturated rings. The Labute approximate surface area is 133 Å². The van der Waals surface area contributed by atoms with Gasteiger partial charge in [0.05, 0.1) is 6.21 Å². The van der Waals surface area contributed by atoms with Crippen molar-refractivity contribution >= 4 is 18.0 Å². The summed E-state index contributed by atoms with van der Waals surface area (Å²) in [7, 11) is 0. The van der Waals surface area contributed by atoms with Gasteiger partial charge in [-0.1, -0.05) is 42.1 Å². The fraction of sp³-hybridized carbons (Fsp3) is 0.188. The maximum absolute atomic E-state index is 5.48. The highest BCUT2D eigenvalue weighted by molar-refractivity contribution is 7.98. The number of rotatable bonds is 5. The monoisotopic (exact) mass is 312 g/mol. The van der Waals surface area contributed by atoms with Crippen LogP contribution in [0.5, 0.6) is 0 Å². The molecular formula is C16H16N4OS. The van der Waals surface area contributed by atoms with Gasteiger partial charge < -0.3 is 4.42 Å². The van der Waals surface area contributed by atoms with Crippen molar-refractivity contribution in [3.05, 3.63) is 65.4 Å². The fourth-order valence-electron chi connectivity index (χ4n) is 1.92. The van der Waals surface area contributed by atoms with Crippen molar-refractivity contribution in [2.24, 2.45) is 5.10 Å². The minimum absolute atomic E-state index is 0.713. The summed E-state index contributed by atoms with van der Waals surface area (Å²) in [6.07, 6.45) is 1.68. The lowest BCUT2D eigenvalue weighted by atomic mass is 10.2. The van der Waals surface area contributed by atoms with Gasteiger partial charge in [0.15, 0.2) is 5.82 Å². The lowest BCUT2D eigenvalue weighted by Gasteiger charge is -2.02. The van der Waals surface area contributed by atoms with E-state index in [0.717, 1.165) is 22.5 Å². The zero-order valence-electron chi connectivity index (χ0n) is 12.4. The van der Waals surface area contributed by atoms with E-state index in [2.05, 4.69) is 27.4 Å². The molecule has 0 bridgehead atoms. The second-order valence-electron chi connectivity index (χ2n) is 4.81. The number of aromatic nitrogens is 3. The van der Waals surface area contributed by atoms with Crippen molar-refractivity contribution < 1.29 is 4.42 Å². The molecule has 2 aromatic heterocycles. The summed E-state index contributed by atoms with van der Waals surface area (Å²) in [5.41, 5.74) is 1.24. The predicted octanol–water partition coefficient (Wildman–Crippen LogP) is 3.66. The Kier molecular flexibility index (Phi) is 4.39. The van der Waals surface area contributed by atoms with Gasteiger partial charge in [-0.15, -0.1) is 10.2 Å². The van der Waals surface area contributed by atoms with Gasteiger partial charge in [0.1, 0.15) is 11.5 Å². The molecule has 6 heteroatoms. The molecule has 0 radical (unpaired) electrons. The summed E-state index contributed by atoms with van der Waals surface area (Å²) in [6.45, 7) is 3.78. The smallest absolute Gasteiger partial charge is 0.212 e. The normalized spacial score (nSPS) is 11.4. The van der Waals surface area contributed by atoms with E-state index < -0.39 is 0 Å². The van der Waals surface area contributed by atoms with E-state index in [9.17, 15) is 0 Å². The summed E-state index contributed by atoms with van der Waals surface area (Å²) in [4.78, 5) is 0. The van der Waals surface area contributed by atoms with Crippen LogP contribution in [-0.2, 0) is 5.75 Å². The Morgan fingerprint density at radius 1 is 1.14 bits per heavy atom. The molecule has 0 atom stereocenters. The van der Waals surface area contributed by atoms with Crippen LogP contribution in [0.2, 0.25) is 0 Å². The van der Waals surface area contributed by atoms with E-state index in [1.165, 1.54) is 5.56 Å². The summed E-state index contributed by atoms with van der Waals surface area (Å²) < 4.78 is 7.21. The Morgan fingerprint density at radius 2 is 1.95 bits per heavy atom. The quantitative estimate of drug-likeness (QED) is 0.533. The van der Waals surface area contributed by atoms with Crippen LogP contribution in [0.1, 0.15) is 22.9 Å². The molecular weight excluding hydrogens is 296 g/mol. The maximum Gasteiger partial charge on any atom is 0.212 e. The first-order valence-corrected chi connectivity index (χ1v) is 7.90. The first-order valence-electron chi connectivity index (χ1n) is 6.92. The summed E-state index contributed by atoms with van der Waals surface area (Å²) >= 11 is 1.61. The largest absolute Gasteiger partial charge is 0.460 e. The van der Waals surface area contributed by atoms with Crippen LogP contribution in [0, 0.1) is 13.8 Å². The number of thioether (sulfide) groups is 1. The Hall–Kier alpha value is -2.34. The lowest BCUT2D eigenvalue weighted by Crippen LogP contribution is -1.96. The Balaban J connectivity index is 1.74. The minimum Gasteiger partial charge on any atom is -0.460 e. The second kappa shape index (κ2) is 6.62. The molecule has 0 aliphatic heterocycles. The molecule has 2 heterocycles. The standard InChI is InChI=1S/C16H16N4OS/c1-12-8-9-15(21-12)10-17-20-13(2)18-19-16(20)22-11-14-6-4-3-5-7-14/h3-10H,11H2,1-2H3/b17-10+. The zero-order valence-corrected chi connectivity index (χ0v) is 13.2. The molecule has 22 heavy (non-hydrogen) atoms. The van der Waals surface area contributed by atoms with Crippen molar-refractivity contribution in [1.82, 2.24) is 14.9 Å². The van der Waals surface area contributed by atoms with E-state index in [1.807, 2.05) is 44.2 Å². The molecule has 0 unspecified atom stereocenters. The van der Waals surface area contributed by atoms with E-state index in [0.29, 0.717) is 5.76 Å². The predicted molar refractivity (Wildman–Crippen MR) is 87.2 cm³/mol. The van der Waals surface area contributed by atoms with Gasteiger partial charge in [-0.05, 0) is 31.5 Å². The average Bonchev–Trinajstić information content (AvgIpc) is 3.10. The van der Waals surface area contributed by atoms with Gasteiger partial charge in [-0.25, -0.2) is 0 Å². The van der Waals surface area contributed by atoms with Crippen LogP contribution >= 0.6 is 11.8 Å². The minimum atomic E-state index is 0.713. The van der Waals surface area contributed by atoms with Gasteiger partial charge in [0, 0.05) is 5.75 Å². The molecule has 112 valence electrons. The summed E-state index contributed by atoms with van der Waals surface area (Å²) in [6, 6.07) is 14.1. The summed E-state index contributed by atoms with van der Waals surface area (Å²) in [5, 5.41) is 13.5. The average molecular weight is 312 g/mol. The molecule has 3 aromatic rings. The maximum atomic E-state index is 5.48. The van der Waals surface area contributed by atoms with Gasteiger partial charge >= 0.3 is 0 Å². The van der Waals surface area contributed by atoms with Crippen molar-refractivity contribution in [1.29, 1.82) is 0 Å². The third-order valence-electron chi connectivity index (χ3n) is 3.04. The Morgan fingerprint density at radius 3 is 2.68 bits per heavy atom. The Bertz CT molecular complexity index is 777. The van der Waals surface area contributed by atoms with Gasteiger partial charge in [-0.3, -0.25) is 0 Å². The number of hydrogen-bond acceptors (Lipinski definition) is 5. The molecule has 0 aliphatic rings. The SMILES string of the molecule is Cc1ccc(/C=N/n2c(C)nnc2SCc2ccccc2)o1. The third kappa shape index (κ3) is 3.46. The molecule has 5 nitrogen and oxygen atoms in total. The molecule has 0 aliphatic carbocycles. The molecule has 0 spiro atoms. The molecule has 1 aromatic carbocycles. The molecule has 0 amide bonds. The van der Waals surface area contributed by atoms with Crippen LogP contribution in [-0.4, -0.2) is 21.1 Å². The molecule has 0 N–H and O–H groups in total. The number of aryl methyl sites for hydroxylation is 2. The van der Waals surface area contributed by atoms with E-state index in [4.69, 9.17) is 4.42 Å². The van der Waals surface area contributed by atoms with Crippen LogP contribution in [0.15, 0.2) is 57.1 Å². The van der Waals surface area contributed by atoms with E-state index >= 15 is 0 Å². The van der Waals surface area contributed by atoms with Gasteiger partial charge in [0.2, 0.25) is 5.16 Å². The molecule has 3 rings (SSSR count). The first kappa shape index (κ1) is 14.6. The highest BCUT2D eigenvalue weighted by Crippen LogP contribution is 2.21. The molecule has 0 saturated carbocycles. The van der Waals surface area contributed by atoms with Crippen LogP contribution < -0.4 is 0 Å². The van der Waals surface area contributed by atoms with E-state index in [1.54, 1.807) is 22.7 Å². The molecule has 0 saturated heterocycles. The fourth-order valence-corrected chi connectivity index (χ4v) is 2.81.